The van der Waals surface area contributed by atoms with E-state index < -0.39 is 16.0 Å². The third-order valence-electron chi connectivity index (χ3n) is 5.26. The summed E-state index contributed by atoms with van der Waals surface area (Å²) in [5, 5.41) is 3.53. The quantitative estimate of drug-likeness (QED) is 0.764. The zero-order valence-corrected chi connectivity index (χ0v) is 16.7. The lowest BCUT2D eigenvalue weighted by Crippen LogP contribution is -2.43. The molecule has 1 aromatic carbocycles. The van der Waals surface area contributed by atoms with Crippen LogP contribution in [0.2, 0.25) is 0 Å². The Balaban J connectivity index is 0.00000243. The molecule has 0 bridgehead atoms. The van der Waals surface area contributed by atoms with Gasteiger partial charge in [-0.05, 0) is 55.8 Å². The molecule has 2 heterocycles. The second-order valence-electron chi connectivity index (χ2n) is 6.89. The van der Waals surface area contributed by atoms with Crippen molar-refractivity contribution in [3.63, 3.8) is 0 Å². The lowest BCUT2D eigenvalue weighted by atomic mass is 9.89. The molecular weight excluding hydrogens is 376 g/mol. The molecule has 1 unspecified atom stereocenters. The lowest BCUT2D eigenvalue weighted by Gasteiger charge is -2.34. The highest BCUT2D eigenvalue weighted by molar-refractivity contribution is 7.88. The number of halogens is 1. The highest BCUT2D eigenvalue weighted by Gasteiger charge is 2.32. The smallest absolute Gasteiger partial charge is 0.337 e. The van der Waals surface area contributed by atoms with Gasteiger partial charge in [-0.15, -0.1) is 12.4 Å². The van der Waals surface area contributed by atoms with Crippen molar-refractivity contribution in [1.29, 1.82) is 0 Å². The first-order valence-electron chi connectivity index (χ1n) is 8.88. The number of sulfonamides is 1. The van der Waals surface area contributed by atoms with Crippen LogP contribution in [-0.2, 0) is 20.5 Å². The molecule has 0 aliphatic carbocycles. The minimum absolute atomic E-state index is 0. The van der Waals surface area contributed by atoms with Crippen LogP contribution in [0.25, 0.3) is 0 Å². The number of hydrogen-bond donors (Lipinski definition) is 1. The van der Waals surface area contributed by atoms with E-state index in [0.717, 1.165) is 19.4 Å². The van der Waals surface area contributed by atoms with E-state index in [4.69, 9.17) is 4.74 Å². The third-order valence-corrected chi connectivity index (χ3v) is 7.11. The standard InChI is InChI=1S/C18H26N2O4S.ClH/c1-24-18(21)16-5-2-4-14(12-16)13-25(22,23)20-10-7-15(8-11-20)17-6-3-9-19-17;/h2,4-5,12,15,17,19H,3,6-11,13H2,1H3;1H. The van der Waals surface area contributed by atoms with E-state index in [-0.39, 0.29) is 18.2 Å². The van der Waals surface area contributed by atoms with Gasteiger partial charge in [0, 0.05) is 19.1 Å². The largest absolute Gasteiger partial charge is 0.465 e. The maximum absolute atomic E-state index is 12.7. The molecule has 6 nitrogen and oxygen atoms in total. The summed E-state index contributed by atoms with van der Waals surface area (Å²) in [4.78, 5) is 11.6. The fourth-order valence-corrected chi connectivity index (χ4v) is 5.43. The van der Waals surface area contributed by atoms with Crippen LogP contribution >= 0.6 is 12.4 Å². The number of nitrogens with zero attached hydrogens (tertiary/aromatic N) is 1. The van der Waals surface area contributed by atoms with Crippen LogP contribution in [0.1, 0.15) is 41.6 Å². The van der Waals surface area contributed by atoms with Crippen molar-refractivity contribution >= 4 is 28.4 Å². The van der Waals surface area contributed by atoms with E-state index in [1.165, 1.54) is 20.0 Å². The Morgan fingerprint density at radius 1 is 1.27 bits per heavy atom. The summed E-state index contributed by atoms with van der Waals surface area (Å²) in [5.41, 5.74) is 0.990. The second kappa shape index (κ2) is 9.17. The Kier molecular flexibility index (Phi) is 7.46. The minimum atomic E-state index is -3.37. The van der Waals surface area contributed by atoms with E-state index in [1.807, 2.05) is 0 Å². The Morgan fingerprint density at radius 2 is 2.00 bits per heavy atom. The molecule has 2 saturated heterocycles. The van der Waals surface area contributed by atoms with Gasteiger partial charge in [-0.1, -0.05) is 12.1 Å². The van der Waals surface area contributed by atoms with E-state index in [1.54, 1.807) is 28.6 Å². The number of carbonyl (C=O) groups is 1. The minimum Gasteiger partial charge on any atom is -0.465 e. The molecule has 0 amide bonds. The molecule has 1 atom stereocenters. The average Bonchev–Trinajstić information content (AvgIpc) is 3.15. The van der Waals surface area contributed by atoms with Gasteiger partial charge in [0.2, 0.25) is 10.0 Å². The molecule has 146 valence electrons. The molecule has 1 aromatic rings. The summed E-state index contributed by atoms with van der Waals surface area (Å²) in [6.07, 6.45) is 4.26. The van der Waals surface area contributed by atoms with Gasteiger partial charge in [0.25, 0.3) is 0 Å². The monoisotopic (exact) mass is 402 g/mol. The van der Waals surface area contributed by atoms with E-state index in [2.05, 4.69) is 5.32 Å². The molecule has 0 radical (unpaired) electrons. The number of rotatable bonds is 5. The molecule has 2 fully saturated rings. The molecule has 8 heteroatoms. The van der Waals surface area contributed by atoms with Crippen LogP contribution in [0.3, 0.4) is 0 Å². The van der Waals surface area contributed by atoms with E-state index in [9.17, 15) is 13.2 Å². The Morgan fingerprint density at radius 3 is 2.62 bits per heavy atom. The van der Waals surface area contributed by atoms with Crippen LogP contribution < -0.4 is 5.32 Å². The van der Waals surface area contributed by atoms with E-state index >= 15 is 0 Å². The van der Waals surface area contributed by atoms with Gasteiger partial charge < -0.3 is 10.1 Å². The molecule has 2 aliphatic heterocycles. The summed E-state index contributed by atoms with van der Waals surface area (Å²) >= 11 is 0. The Hall–Kier alpha value is -1.15. The number of piperidine rings is 1. The van der Waals surface area contributed by atoms with Crippen LogP contribution in [-0.4, -0.2) is 51.5 Å². The first kappa shape index (κ1) is 21.2. The molecule has 3 rings (SSSR count). The maximum atomic E-state index is 12.7. The average molecular weight is 403 g/mol. The maximum Gasteiger partial charge on any atom is 0.337 e. The van der Waals surface area contributed by atoms with E-state index in [0.29, 0.717) is 36.2 Å². The van der Waals surface area contributed by atoms with Crippen molar-refractivity contribution in [3.8, 4) is 0 Å². The number of methoxy groups -OCH3 is 1. The number of esters is 1. The summed E-state index contributed by atoms with van der Waals surface area (Å²) in [6, 6.07) is 7.20. The van der Waals surface area contributed by atoms with Crippen molar-refractivity contribution in [2.24, 2.45) is 5.92 Å². The third kappa shape index (κ3) is 4.97. The Bertz CT molecular complexity index is 712. The molecule has 0 spiro atoms. The summed E-state index contributed by atoms with van der Waals surface area (Å²) in [5.74, 6) is 0.0465. The van der Waals surface area contributed by atoms with Crippen LogP contribution in [0.5, 0.6) is 0 Å². The highest BCUT2D eigenvalue weighted by atomic mass is 35.5. The number of nitrogens with one attached hydrogen (secondary N) is 1. The number of carbonyl (C=O) groups excluding carboxylic acids is 1. The first-order chi connectivity index (χ1) is 12.0. The van der Waals surface area contributed by atoms with Gasteiger partial charge in [-0.2, -0.15) is 0 Å². The van der Waals surface area contributed by atoms with Crippen LogP contribution in [0.4, 0.5) is 0 Å². The van der Waals surface area contributed by atoms with Gasteiger partial charge >= 0.3 is 5.97 Å². The predicted octanol–water partition coefficient (Wildman–Crippen LogP) is 2.19. The highest BCUT2D eigenvalue weighted by Crippen LogP contribution is 2.27. The molecule has 1 N–H and O–H groups in total. The Labute approximate surface area is 161 Å². The summed E-state index contributed by atoms with van der Waals surface area (Å²) in [6.45, 7) is 2.25. The number of ether oxygens (including phenoxy) is 1. The van der Waals surface area contributed by atoms with Gasteiger partial charge in [-0.25, -0.2) is 17.5 Å². The summed E-state index contributed by atoms with van der Waals surface area (Å²) < 4.78 is 31.7. The van der Waals surface area contributed by atoms with Crippen molar-refractivity contribution in [3.05, 3.63) is 35.4 Å². The zero-order chi connectivity index (χ0) is 17.9. The summed E-state index contributed by atoms with van der Waals surface area (Å²) in [7, 11) is -2.06. The first-order valence-corrected chi connectivity index (χ1v) is 10.5. The van der Waals surface area contributed by atoms with Gasteiger partial charge in [0.1, 0.15) is 0 Å². The second-order valence-corrected chi connectivity index (χ2v) is 8.86. The zero-order valence-electron chi connectivity index (χ0n) is 15.0. The van der Waals surface area contributed by atoms with Gasteiger partial charge in [0.15, 0.2) is 0 Å². The molecule has 0 saturated carbocycles. The SMILES string of the molecule is COC(=O)c1cccc(CS(=O)(=O)N2CCC(C3CCCN3)CC2)c1.Cl. The predicted molar refractivity (Wildman–Crippen MR) is 103 cm³/mol. The van der Waals surface area contributed by atoms with Gasteiger partial charge in [-0.3, -0.25) is 0 Å². The topological polar surface area (TPSA) is 75.7 Å². The lowest BCUT2D eigenvalue weighted by molar-refractivity contribution is 0.0600. The fraction of sp³-hybridized carbons (Fsp3) is 0.611. The normalized spacial score (nSPS) is 22.0. The van der Waals surface area contributed by atoms with Crippen molar-refractivity contribution in [1.82, 2.24) is 9.62 Å². The molecular formula is C18H27ClN2O4S. The van der Waals surface area contributed by atoms with Gasteiger partial charge in [0.05, 0.1) is 18.4 Å². The van der Waals surface area contributed by atoms with Crippen LogP contribution in [0, 0.1) is 5.92 Å². The number of benzene rings is 1. The fourth-order valence-electron chi connectivity index (χ4n) is 3.88. The van der Waals surface area contributed by atoms with Crippen molar-refractivity contribution < 1.29 is 17.9 Å². The molecule has 0 aromatic heterocycles. The molecule has 26 heavy (non-hydrogen) atoms. The van der Waals surface area contributed by atoms with Crippen molar-refractivity contribution in [2.45, 2.75) is 37.5 Å². The van der Waals surface area contributed by atoms with Crippen molar-refractivity contribution in [2.75, 3.05) is 26.7 Å². The molecule has 2 aliphatic rings. The van der Waals surface area contributed by atoms with Crippen LogP contribution in [0.15, 0.2) is 24.3 Å². The number of hydrogen-bond acceptors (Lipinski definition) is 5.